The van der Waals surface area contributed by atoms with Crippen molar-refractivity contribution in [3.05, 3.63) is 0 Å². The second-order valence-electron chi connectivity index (χ2n) is 0.740. The molecule has 0 radical (unpaired) electrons. The zero-order valence-corrected chi connectivity index (χ0v) is 5.74. The van der Waals surface area contributed by atoms with Gasteiger partial charge in [-0.15, -0.1) is 0 Å². The van der Waals surface area contributed by atoms with Crippen molar-refractivity contribution in [3.63, 3.8) is 0 Å². The molecule has 9 heteroatoms. The smallest absolute Gasteiger partial charge is 0.736 e. The number of hydrogen-bond acceptors (Lipinski definition) is 3. The van der Waals surface area contributed by atoms with E-state index in [1.165, 1.54) is 0 Å². The number of nitrogens with two attached hydrogens (primary N) is 1. The second-order valence-corrected chi connectivity index (χ2v) is 1.73. The van der Waals surface area contributed by atoms with Crippen molar-refractivity contribution in [2.24, 2.45) is 5.14 Å². The normalized spacial score (nSPS) is 9.40. The van der Waals surface area contributed by atoms with Gasteiger partial charge in [-0.25, -0.2) is 13.6 Å². The second kappa shape index (κ2) is 7.37. The Morgan fingerprint density at radius 1 is 1.30 bits per heavy atom. The SMILES string of the molecule is FC(F)F.NS(=O)(=O)[O-].[Li+]. The first-order valence-electron chi connectivity index (χ1n) is 1.39. The van der Waals surface area contributed by atoms with Crippen molar-refractivity contribution in [1.82, 2.24) is 0 Å². The Morgan fingerprint density at radius 3 is 1.30 bits per heavy atom. The molecular formula is CH3F3LiNO3S. The van der Waals surface area contributed by atoms with Crippen LogP contribution < -0.4 is 24.0 Å². The predicted octanol–water partition coefficient (Wildman–Crippen LogP) is -3.41. The van der Waals surface area contributed by atoms with Gasteiger partial charge in [-0.05, 0) is 0 Å². The van der Waals surface area contributed by atoms with Crippen LogP contribution in [0, 0.1) is 0 Å². The first-order valence-corrected chi connectivity index (χ1v) is 2.86. The van der Waals surface area contributed by atoms with Gasteiger partial charge in [0.15, 0.2) is 10.3 Å². The molecule has 0 aliphatic rings. The van der Waals surface area contributed by atoms with Crippen LogP contribution in [0.1, 0.15) is 0 Å². The van der Waals surface area contributed by atoms with Crippen LogP contribution >= 0.6 is 0 Å². The molecule has 0 atom stereocenters. The van der Waals surface area contributed by atoms with E-state index in [4.69, 9.17) is 13.0 Å². The van der Waals surface area contributed by atoms with Gasteiger partial charge < -0.3 is 4.55 Å². The third-order valence-electron chi connectivity index (χ3n) is 0. The van der Waals surface area contributed by atoms with E-state index in [0.29, 0.717) is 0 Å². The Hall–Kier alpha value is 0.257. The zero-order valence-electron chi connectivity index (χ0n) is 4.92. The molecule has 2 N–H and O–H groups in total. The fraction of sp³-hybridized carbons (Fsp3) is 1.00. The maximum Gasteiger partial charge on any atom is 1.00 e. The van der Waals surface area contributed by atoms with E-state index < -0.39 is 17.0 Å². The van der Waals surface area contributed by atoms with Crippen LogP contribution in [-0.4, -0.2) is 19.6 Å². The molecule has 4 nitrogen and oxygen atoms in total. The number of alkyl halides is 3. The molecule has 0 aliphatic heterocycles. The zero-order chi connectivity index (χ0) is 8.08. The first kappa shape index (κ1) is 16.7. The third kappa shape index (κ3) is 6560. The summed E-state index contributed by atoms with van der Waals surface area (Å²) in [4.78, 5) is 0. The van der Waals surface area contributed by atoms with Gasteiger partial charge in [0, 0.05) is 0 Å². The van der Waals surface area contributed by atoms with Gasteiger partial charge in [-0.1, -0.05) is 0 Å². The fourth-order valence-corrected chi connectivity index (χ4v) is 0. The van der Waals surface area contributed by atoms with E-state index in [9.17, 15) is 13.2 Å². The Labute approximate surface area is 67.6 Å². The molecule has 0 unspecified atom stereocenters. The van der Waals surface area contributed by atoms with E-state index in [2.05, 4.69) is 5.14 Å². The van der Waals surface area contributed by atoms with Crippen LogP contribution in [0.4, 0.5) is 13.2 Å². The summed E-state index contributed by atoms with van der Waals surface area (Å²) in [7, 11) is -4.42. The summed E-state index contributed by atoms with van der Waals surface area (Å²) in [6, 6.07) is 0. The minimum absolute atomic E-state index is 0. The predicted molar refractivity (Wildman–Crippen MR) is 21.0 cm³/mol. The van der Waals surface area contributed by atoms with Crippen LogP contribution in [-0.2, 0) is 10.3 Å². The van der Waals surface area contributed by atoms with Crippen LogP contribution in [0.25, 0.3) is 0 Å². The molecule has 10 heavy (non-hydrogen) atoms. The minimum atomic E-state index is -4.42. The Balaban J connectivity index is -0.0000000910. The maximum absolute atomic E-state index is 9.67. The molecule has 0 saturated carbocycles. The standard InChI is InChI=1S/CHF3.Li.H3NO3S/c2-1(3)4;;1-5(2,3)4/h1H;;(H3,1,2,3,4)/q;+1;/p-1. The summed E-state index contributed by atoms with van der Waals surface area (Å²) in [6.07, 6.45) is 0. The summed E-state index contributed by atoms with van der Waals surface area (Å²) in [5.41, 5.74) is 0. The van der Waals surface area contributed by atoms with Crippen molar-refractivity contribution in [1.29, 1.82) is 0 Å². The third-order valence-corrected chi connectivity index (χ3v) is 0. The van der Waals surface area contributed by atoms with Gasteiger partial charge in [0.2, 0.25) is 0 Å². The molecule has 0 spiro atoms. The Kier molecular flexibility index (Phi) is 12.3. The average molecular weight is 173 g/mol. The molecule has 0 aromatic rings. The van der Waals surface area contributed by atoms with Crippen molar-refractivity contribution >= 4 is 10.3 Å². The largest absolute Gasteiger partial charge is 1.00 e. The van der Waals surface area contributed by atoms with Gasteiger partial charge in [0.1, 0.15) is 0 Å². The first-order chi connectivity index (χ1) is 3.73. The molecule has 0 rings (SSSR count). The van der Waals surface area contributed by atoms with Crippen molar-refractivity contribution < 1.29 is 45.0 Å². The molecule has 0 heterocycles. The summed E-state index contributed by atoms with van der Waals surface area (Å²) < 4.78 is 55.6. The number of halogens is 3. The van der Waals surface area contributed by atoms with Crippen LogP contribution in [0.3, 0.4) is 0 Å². The molecule has 58 valence electrons. The van der Waals surface area contributed by atoms with Gasteiger partial charge in [0.25, 0.3) is 0 Å². The van der Waals surface area contributed by atoms with Crippen LogP contribution in [0.2, 0.25) is 0 Å². The number of rotatable bonds is 0. The van der Waals surface area contributed by atoms with Gasteiger partial charge in [-0.3, -0.25) is 0 Å². The van der Waals surface area contributed by atoms with E-state index in [1.54, 1.807) is 0 Å². The van der Waals surface area contributed by atoms with Crippen molar-refractivity contribution in [2.45, 2.75) is 6.68 Å². The van der Waals surface area contributed by atoms with Crippen LogP contribution in [0.15, 0.2) is 0 Å². The molecule has 0 saturated heterocycles. The van der Waals surface area contributed by atoms with E-state index in [1.807, 2.05) is 0 Å². The van der Waals surface area contributed by atoms with Crippen LogP contribution in [0.5, 0.6) is 0 Å². The monoisotopic (exact) mass is 173 g/mol. The summed E-state index contributed by atoms with van der Waals surface area (Å²) in [6.45, 7) is -3.67. The number of hydrogen-bond donors (Lipinski definition) is 1. The maximum atomic E-state index is 9.67. The molecular weight excluding hydrogens is 170 g/mol. The summed E-state index contributed by atoms with van der Waals surface area (Å²) in [5.74, 6) is 0. The summed E-state index contributed by atoms with van der Waals surface area (Å²) >= 11 is 0. The molecule has 0 bridgehead atoms. The molecule has 0 aromatic heterocycles. The minimum Gasteiger partial charge on any atom is -0.736 e. The Bertz CT molecular complexity index is 135. The van der Waals surface area contributed by atoms with E-state index in [0.717, 1.165) is 0 Å². The topological polar surface area (TPSA) is 83.2 Å². The quantitative estimate of drug-likeness (QED) is 0.306. The van der Waals surface area contributed by atoms with E-state index >= 15 is 0 Å². The average Bonchev–Trinajstić information content (AvgIpc) is 1.19. The van der Waals surface area contributed by atoms with Crippen molar-refractivity contribution in [2.75, 3.05) is 0 Å². The molecule has 0 aliphatic carbocycles. The fourth-order valence-electron chi connectivity index (χ4n) is 0. The summed E-state index contributed by atoms with van der Waals surface area (Å²) in [5, 5.41) is 3.77. The molecule has 0 fully saturated rings. The van der Waals surface area contributed by atoms with E-state index in [-0.39, 0.29) is 18.9 Å². The van der Waals surface area contributed by atoms with Crippen molar-refractivity contribution in [3.8, 4) is 0 Å². The van der Waals surface area contributed by atoms with Gasteiger partial charge in [-0.2, -0.15) is 13.2 Å². The molecule has 0 aromatic carbocycles. The van der Waals surface area contributed by atoms with Gasteiger partial charge >= 0.3 is 25.5 Å². The van der Waals surface area contributed by atoms with Gasteiger partial charge in [0.05, 0.1) is 0 Å². The Morgan fingerprint density at radius 2 is 1.30 bits per heavy atom. The molecule has 0 amide bonds.